The van der Waals surface area contributed by atoms with Crippen molar-refractivity contribution in [2.24, 2.45) is 0 Å². The number of hydrogen-bond acceptors (Lipinski definition) is 6. The molecule has 0 aliphatic carbocycles. The molecule has 2 aromatic carbocycles. The maximum atomic E-state index is 12.7. The number of aromatic nitrogens is 4. The van der Waals surface area contributed by atoms with Gasteiger partial charge in [0.25, 0.3) is 0 Å². The molecule has 4 rings (SSSR count). The first-order valence-electron chi connectivity index (χ1n) is 10.1. The molecule has 0 spiro atoms. The molecule has 1 N–H and O–H groups in total. The van der Waals surface area contributed by atoms with Crippen LogP contribution in [-0.4, -0.2) is 38.5 Å². The average molecular weight is 446 g/mol. The van der Waals surface area contributed by atoms with Gasteiger partial charge in [0.05, 0.1) is 25.1 Å². The summed E-state index contributed by atoms with van der Waals surface area (Å²) in [6, 6.07) is 19.6. The molecule has 162 valence electrons. The lowest BCUT2D eigenvalue weighted by molar-refractivity contribution is -0.113. The summed E-state index contributed by atoms with van der Waals surface area (Å²) >= 11 is 1.35. The van der Waals surface area contributed by atoms with E-state index in [-0.39, 0.29) is 11.7 Å². The summed E-state index contributed by atoms with van der Waals surface area (Å²) in [6.45, 7) is 2.57. The predicted octanol–water partition coefficient (Wildman–Crippen LogP) is 4.44. The lowest BCUT2D eigenvalue weighted by Crippen LogP contribution is -2.15. The minimum Gasteiger partial charge on any atom is -0.495 e. The fraction of sp³-hybridized carbons (Fsp3) is 0.167. The number of amides is 1. The Kier molecular flexibility index (Phi) is 6.81. The molecule has 0 radical (unpaired) electrons. The van der Waals surface area contributed by atoms with Crippen molar-refractivity contribution in [1.29, 1.82) is 0 Å². The van der Waals surface area contributed by atoms with E-state index >= 15 is 0 Å². The van der Waals surface area contributed by atoms with Gasteiger partial charge < -0.3 is 10.1 Å². The first-order valence-corrected chi connectivity index (χ1v) is 11.1. The molecular weight excluding hydrogens is 422 g/mol. The van der Waals surface area contributed by atoms with Crippen molar-refractivity contribution in [2.45, 2.75) is 18.6 Å². The number of ether oxygens (including phenoxy) is 1. The number of methoxy groups -OCH3 is 1. The van der Waals surface area contributed by atoms with E-state index in [9.17, 15) is 4.79 Å². The minimum atomic E-state index is -0.140. The summed E-state index contributed by atoms with van der Waals surface area (Å²) in [4.78, 5) is 16.7. The number of carbonyl (C=O) groups is 1. The summed E-state index contributed by atoms with van der Waals surface area (Å²) in [5.74, 6) is 1.42. The third-order valence-corrected chi connectivity index (χ3v) is 5.77. The van der Waals surface area contributed by atoms with Gasteiger partial charge in [0.2, 0.25) is 5.91 Å². The van der Waals surface area contributed by atoms with Crippen molar-refractivity contribution in [2.75, 3.05) is 18.2 Å². The highest BCUT2D eigenvalue weighted by molar-refractivity contribution is 7.99. The number of rotatable bonds is 8. The fourth-order valence-corrected chi connectivity index (χ4v) is 3.99. The Morgan fingerprint density at radius 1 is 1.06 bits per heavy atom. The van der Waals surface area contributed by atoms with Gasteiger partial charge in [0.1, 0.15) is 5.75 Å². The number of thioether (sulfide) groups is 1. The zero-order valence-electron chi connectivity index (χ0n) is 17.9. The van der Waals surface area contributed by atoms with Crippen LogP contribution in [0.3, 0.4) is 0 Å². The van der Waals surface area contributed by atoms with Gasteiger partial charge in [0.15, 0.2) is 11.0 Å². The number of anilines is 1. The molecule has 8 heteroatoms. The minimum absolute atomic E-state index is 0.140. The number of nitrogens with zero attached hydrogens (tertiary/aromatic N) is 4. The number of nitrogens with one attached hydrogen (secondary N) is 1. The Hall–Kier alpha value is -3.65. The third-order valence-electron chi connectivity index (χ3n) is 4.80. The molecule has 0 aliphatic rings. The van der Waals surface area contributed by atoms with Gasteiger partial charge in [0, 0.05) is 18.0 Å². The highest BCUT2D eigenvalue weighted by Crippen LogP contribution is 2.27. The number of pyridine rings is 1. The van der Waals surface area contributed by atoms with Crippen LogP contribution < -0.4 is 10.1 Å². The molecule has 7 nitrogen and oxygen atoms in total. The Labute approximate surface area is 190 Å². The largest absolute Gasteiger partial charge is 0.495 e. The van der Waals surface area contributed by atoms with Crippen LogP contribution in [0, 0.1) is 6.92 Å². The van der Waals surface area contributed by atoms with Crippen molar-refractivity contribution in [3.8, 4) is 17.1 Å². The molecule has 2 heterocycles. The quantitative estimate of drug-likeness (QED) is 0.404. The Bertz CT molecular complexity index is 1200. The second-order valence-electron chi connectivity index (χ2n) is 7.15. The van der Waals surface area contributed by atoms with Gasteiger partial charge in [-0.3, -0.25) is 14.3 Å². The SMILES string of the molecule is COc1ccc(C)cc1NC(=O)CSc1nnc(-c2ccncc2)n1Cc1ccccc1. The average Bonchev–Trinajstić information content (AvgIpc) is 3.21. The van der Waals surface area contributed by atoms with Crippen molar-refractivity contribution < 1.29 is 9.53 Å². The lowest BCUT2D eigenvalue weighted by Gasteiger charge is -2.12. The van der Waals surface area contributed by atoms with E-state index in [0.717, 1.165) is 22.5 Å². The molecule has 0 bridgehead atoms. The number of carbonyl (C=O) groups excluding carboxylic acids is 1. The topological polar surface area (TPSA) is 81.9 Å². The molecule has 32 heavy (non-hydrogen) atoms. The molecule has 0 saturated carbocycles. The van der Waals surface area contributed by atoms with Crippen molar-refractivity contribution >= 4 is 23.4 Å². The second kappa shape index (κ2) is 10.1. The van der Waals surface area contributed by atoms with E-state index in [1.54, 1.807) is 19.5 Å². The predicted molar refractivity (Wildman–Crippen MR) is 126 cm³/mol. The molecule has 0 saturated heterocycles. The van der Waals surface area contributed by atoms with E-state index in [4.69, 9.17) is 4.74 Å². The van der Waals surface area contributed by atoms with E-state index in [0.29, 0.717) is 23.1 Å². The maximum Gasteiger partial charge on any atom is 0.234 e. The zero-order valence-corrected chi connectivity index (χ0v) is 18.7. The van der Waals surface area contributed by atoms with Crippen molar-refractivity contribution in [3.63, 3.8) is 0 Å². The summed E-state index contributed by atoms with van der Waals surface area (Å²) in [7, 11) is 1.59. The molecule has 1 amide bonds. The van der Waals surface area contributed by atoms with Gasteiger partial charge in [-0.1, -0.05) is 48.2 Å². The number of benzene rings is 2. The van der Waals surface area contributed by atoms with Crippen LogP contribution in [0.2, 0.25) is 0 Å². The summed E-state index contributed by atoms with van der Waals surface area (Å²) < 4.78 is 7.37. The molecule has 4 aromatic rings. The van der Waals surface area contributed by atoms with Crippen LogP contribution >= 0.6 is 11.8 Å². The van der Waals surface area contributed by atoms with E-state index < -0.39 is 0 Å². The van der Waals surface area contributed by atoms with E-state index in [2.05, 4.69) is 32.6 Å². The van der Waals surface area contributed by atoms with Gasteiger partial charge in [-0.25, -0.2) is 0 Å². The van der Waals surface area contributed by atoms with E-state index in [1.165, 1.54) is 11.8 Å². The third kappa shape index (κ3) is 5.15. The van der Waals surface area contributed by atoms with E-state index in [1.807, 2.05) is 60.0 Å². The van der Waals surface area contributed by atoms with Crippen LogP contribution in [0.4, 0.5) is 5.69 Å². The first kappa shape index (κ1) is 21.6. The molecule has 0 aliphatic heterocycles. The van der Waals surface area contributed by atoms with Crippen molar-refractivity contribution in [3.05, 3.63) is 84.2 Å². The fourth-order valence-electron chi connectivity index (χ4n) is 3.25. The summed E-state index contributed by atoms with van der Waals surface area (Å²) in [6.07, 6.45) is 3.46. The molecule has 2 aromatic heterocycles. The van der Waals surface area contributed by atoms with Crippen LogP contribution in [0.25, 0.3) is 11.4 Å². The first-order chi connectivity index (χ1) is 15.6. The highest BCUT2D eigenvalue weighted by atomic mass is 32.2. The Balaban J connectivity index is 1.54. The molecule has 0 unspecified atom stereocenters. The highest BCUT2D eigenvalue weighted by Gasteiger charge is 2.17. The van der Waals surface area contributed by atoms with Crippen LogP contribution in [0.1, 0.15) is 11.1 Å². The summed E-state index contributed by atoms with van der Waals surface area (Å²) in [5, 5.41) is 12.4. The molecular formula is C24H23N5O2S. The van der Waals surface area contributed by atoms with Gasteiger partial charge >= 0.3 is 0 Å². The number of hydrogen-bond donors (Lipinski definition) is 1. The van der Waals surface area contributed by atoms with Gasteiger partial charge in [-0.2, -0.15) is 0 Å². The number of aryl methyl sites for hydroxylation is 1. The molecule has 0 fully saturated rings. The summed E-state index contributed by atoms with van der Waals surface area (Å²) in [5.41, 5.74) is 3.74. The molecule has 0 atom stereocenters. The smallest absolute Gasteiger partial charge is 0.234 e. The lowest BCUT2D eigenvalue weighted by atomic mass is 10.2. The van der Waals surface area contributed by atoms with Crippen LogP contribution in [0.15, 0.2) is 78.2 Å². The monoisotopic (exact) mass is 445 g/mol. The van der Waals surface area contributed by atoms with Gasteiger partial charge in [-0.15, -0.1) is 10.2 Å². The Morgan fingerprint density at radius 2 is 1.84 bits per heavy atom. The zero-order chi connectivity index (χ0) is 22.3. The second-order valence-corrected chi connectivity index (χ2v) is 8.10. The van der Waals surface area contributed by atoms with Crippen molar-refractivity contribution in [1.82, 2.24) is 19.7 Å². The van der Waals surface area contributed by atoms with Crippen LogP contribution in [-0.2, 0) is 11.3 Å². The van der Waals surface area contributed by atoms with Crippen LogP contribution in [0.5, 0.6) is 5.75 Å². The van der Waals surface area contributed by atoms with Gasteiger partial charge in [-0.05, 0) is 42.3 Å². The standard InChI is InChI=1S/C24H23N5O2S/c1-17-8-9-21(31-2)20(14-17)26-22(30)16-32-24-28-27-23(19-10-12-25-13-11-19)29(24)15-18-6-4-3-5-7-18/h3-14H,15-16H2,1-2H3,(H,26,30). The maximum absolute atomic E-state index is 12.7. The normalized spacial score (nSPS) is 10.7. The Morgan fingerprint density at radius 3 is 2.59 bits per heavy atom.